The maximum atomic E-state index is 3.90. The molecule has 0 radical (unpaired) electrons. The van der Waals surface area contributed by atoms with Crippen LogP contribution in [0.15, 0.2) is 341 Å². The highest BCUT2D eigenvalue weighted by molar-refractivity contribution is 6.08. The van der Waals surface area contributed by atoms with E-state index in [0.29, 0.717) is 12.0 Å². The predicted molar refractivity (Wildman–Crippen MR) is 609 cm³/mol. The summed E-state index contributed by atoms with van der Waals surface area (Å²) in [6, 6.07) is 84.0. The Hall–Kier alpha value is -10.4. The van der Waals surface area contributed by atoms with E-state index in [0.717, 1.165) is 63.1 Å². The Labute approximate surface area is 798 Å². The van der Waals surface area contributed by atoms with Crippen molar-refractivity contribution in [3.05, 3.63) is 380 Å². The monoisotopic (exact) mass is 1750 g/mol. The van der Waals surface area contributed by atoms with Gasteiger partial charge in [0.1, 0.15) is 0 Å². The topological polar surface area (TPSA) is 14.7 Å². The van der Waals surface area contributed by atoms with E-state index in [1.54, 1.807) is 0 Å². The zero-order valence-electron chi connectivity index (χ0n) is 90.6. The third-order valence-electron chi connectivity index (χ3n) is 16.2. The van der Waals surface area contributed by atoms with Gasteiger partial charge in [-0.15, -0.1) is 0 Å². The van der Waals surface area contributed by atoms with E-state index in [4.69, 9.17) is 0 Å². The summed E-state index contributed by atoms with van der Waals surface area (Å²) in [5, 5.41) is 2.64. The Balaban J connectivity index is -0.000000140. The number of aromatic nitrogens is 1. The van der Waals surface area contributed by atoms with Crippen LogP contribution in [0.4, 0.5) is 22.7 Å². The average Bonchev–Trinajstić information content (AvgIpc) is 1.61. The van der Waals surface area contributed by atoms with Gasteiger partial charge >= 0.3 is 0 Å². The van der Waals surface area contributed by atoms with E-state index in [9.17, 15) is 0 Å². The normalized spacial score (nSPS) is 11.5. The van der Waals surface area contributed by atoms with Crippen molar-refractivity contribution in [2.75, 3.05) is 27.8 Å². The van der Waals surface area contributed by atoms with Crippen LogP contribution in [0.3, 0.4) is 0 Å². The zero-order valence-corrected chi connectivity index (χ0v) is 90.6. The first-order valence-electron chi connectivity index (χ1n) is 50.7. The molecule has 0 saturated heterocycles. The molecule has 0 amide bonds. The number of benzene rings is 9. The molecule has 1 aliphatic heterocycles. The first-order valence-corrected chi connectivity index (χ1v) is 50.7. The lowest BCUT2D eigenvalue weighted by Crippen LogP contribution is -2.33. The Bertz CT molecular complexity index is 3970. The molecule has 4 heteroatoms. The smallest absolute Gasteiger partial charge is 0.0514 e. The summed E-state index contributed by atoms with van der Waals surface area (Å²) < 4.78 is 2.40. The minimum atomic E-state index is 0.409. The molecule has 128 heavy (non-hydrogen) atoms. The standard InChI is InChI=1S/C21H17N.3C21H21N.20C2H6/c1-2-16-8-7-9-17(14-16)15-22-20-12-5-3-10-18(20)19-11-4-6-13-21(19)22;1-2-18-10-9-11-19(16-18)17-22(20-12-5-3-6-13-20)21-14-7-4-8-15-21;1-2-18-13-15-19(16-14-18)17-22(20-9-5-3-6-10-20)21-11-7-4-8-12-21;1-2-18-12-14-19(15-13-18)17-22-16-8-4-3-5-9-20-10-6-7-11-21(20)22;20*1-2/h2-14H,1,15H2;2-15,19H,1,16-17H2;2-11,13-16,21H,1,12,17H2;2-8,10-15H,1,9,16-17H2;20*1-2H3/b;;;5-3-,8-4-;;;;;;;;;;;;;;;;;;;;. The highest BCUT2D eigenvalue weighted by Crippen LogP contribution is 2.32. The number of hydrogen-bond donors (Lipinski definition) is 0. The van der Waals surface area contributed by atoms with Crippen molar-refractivity contribution in [3.8, 4) is 0 Å². The van der Waals surface area contributed by atoms with Crippen LogP contribution < -0.4 is 14.7 Å². The van der Waals surface area contributed by atoms with E-state index in [1.807, 2.05) is 301 Å². The third-order valence-corrected chi connectivity index (χ3v) is 16.2. The molecule has 0 N–H and O–H groups in total. The maximum Gasteiger partial charge on any atom is 0.0514 e. The van der Waals surface area contributed by atoms with Crippen LogP contribution in [0.5, 0.6) is 0 Å². The van der Waals surface area contributed by atoms with Gasteiger partial charge in [0.25, 0.3) is 0 Å². The Morgan fingerprint density at radius 2 is 0.711 bits per heavy atom. The summed E-state index contributed by atoms with van der Waals surface area (Å²) in [5.41, 5.74) is 17.7. The van der Waals surface area contributed by atoms with Crippen LogP contribution in [0.1, 0.15) is 329 Å². The van der Waals surface area contributed by atoms with Crippen molar-refractivity contribution < 1.29 is 0 Å². The van der Waals surface area contributed by atoms with Gasteiger partial charge in [0, 0.05) is 77.3 Å². The number of para-hydroxylation sites is 6. The van der Waals surface area contributed by atoms with Crippen molar-refractivity contribution in [1.82, 2.24) is 4.57 Å². The molecule has 13 rings (SSSR count). The third kappa shape index (κ3) is 59.6. The minimum absolute atomic E-state index is 0.409. The highest BCUT2D eigenvalue weighted by atomic mass is 15.2. The van der Waals surface area contributed by atoms with Crippen LogP contribution in [0.2, 0.25) is 0 Å². The number of anilines is 4. The van der Waals surface area contributed by atoms with Crippen molar-refractivity contribution in [3.63, 3.8) is 0 Å². The Morgan fingerprint density at radius 1 is 0.320 bits per heavy atom. The van der Waals surface area contributed by atoms with Crippen molar-refractivity contribution in [2.24, 2.45) is 5.92 Å². The summed E-state index contributed by atoms with van der Waals surface area (Å²) in [4.78, 5) is 7.28. The van der Waals surface area contributed by atoms with Gasteiger partial charge in [-0.25, -0.2) is 0 Å². The fourth-order valence-electron chi connectivity index (χ4n) is 11.6. The summed E-state index contributed by atoms with van der Waals surface area (Å²) in [6.07, 6.45) is 34.8. The lowest BCUT2D eigenvalue weighted by Gasteiger charge is -2.32. The fraction of sp³-hybridized carbons (Fsp3) is 0.403. The van der Waals surface area contributed by atoms with E-state index in [1.165, 1.54) is 77.9 Å². The van der Waals surface area contributed by atoms with Gasteiger partial charge < -0.3 is 19.3 Å². The summed E-state index contributed by atoms with van der Waals surface area (Å²) in [7, 11) is 0. The van der Waals surface area contributed by atoms with Gasteiger partial charge in [0.2, 0.25) is 0 Å². The highest BCUT2D eigenvalue weighted by Gasteiger charge is 2.19. The molecule has 10 aromatic rings. The molecule has 0 saturated carbocycles. The summed E-state index contributed by atoms with van der Waals surface area (Å²) in [6.45, 7) is 100.0. The molecular weight excluding hydrogens is 1550 g/mol. The van der Waals surface area contributed by atoms with Gasteiger partial charge in [-0.3, -0.25) is 0 Å². The molecule has 3 aliphatic rings. The second-order valence-electron chi connectivity index (χ2n) is 22.2. The van der Waals surface area contributed by atoms with Crippen molar-refractivity contribution in [2.45, 2.75) is 322 Å². The first-order chi connectivity index (χ1) is 63.5. The average molecular weight is 1750 g/mol. The SMILES string of the molecule is C=CC1=CC=CC(CN(c2ccccc2)c2ccccc2)C1.C=Cc1ccc(CN(c2ccccc2)C2C=CC=CC2)cc1.C=Cc1ccc(CN2C/C=C\C=C/Cc3ccccc32)cc1.C=Cc1cccc(Cn2c3ccccc3c3ccccc32)c1.CC.CC.CC.CC.CC.CC.CC.CC.CC.CC.CC.CC.CC.CC.CC.CC.CC.CC.CC.CC. The molecule has 2 heterocycles. The Kier molecular flexibility index (Phi) is 124. The molecule has 716 valence electrons. The van der Waals surface area contributed by atoms with E-state index >= 15 is 0 Å². The molecular formula is C124H200N4. The van der Waals surface area contributed by atoms with E-state index < -0.39 is 0 Å². The van der Waals surface area contributed by atoms with Gasteiger partial charge in [-0.05, 0) is 130 Å². The lowest BCUT2D eigenvalue weighted by molar-refractivity contribution is 0.644. The van der Waals surface area contributed by atoms with Crippen molar-refractivity contribution in [1.29, 1.82) is 0 Å². The van der Waals surface area contributed by atoms with Crippen molar-refractivity contribution >= 4 is 62.8 Å². The molecule has 2 unspecified atom stereocenters. The quantitative estimate of drug-likeness (QED) is 0.0958. The molecule has 9 aromatic carbocycles. The van der Waals surface area contributed by atoms with Crippen LogP contribution in [-0.2, 0) is 26.1 Å². The number of rotatable bonds is 16. The van der Waals surface area contributed by atoms with Gasteiger partial charge in [-0.1, -0.05) is 570 Å². The molecule has 0 bridgehead atoms. The number of nitrogens with zero attached hydrogens (tertiary/aromatic N) is 4. The zero-order chi connectivity index (χ0) is 101. The van der Waals surface area contributed by atoms with Crippen LogP contribution in [0.25, 0.3) is 40.0 Å². The predicted octanol–water partition coefficient (Wildman–Crippen LogP) is 41.7. The lowest BCUT2D eigenvalue weighted by atomic mass is 9.93. The fourth-order valence-corrected chi connectivity index (χ4v) is 11.6. The molecule has 1 aromatic heterocycles. The summed E-state index contributed by atoms with van der Waals surface area (Å²) >= 11 is 0. The van der Waals surface area contributed by atoms with Crippen LogP contribution in [-0.4, -0.2) is 23.7 Å². The molecule has 2 aliphatic carbocycles. The van der Waals surface area contributed by atoms with E-state index in [-0.39, 0.29) is 0 Å². The van der Waals surface area contributed by atoms with Crippen LogP contribution >= 0.6 is 0 Å². The molecule has 2 atom stereocenters. The van der Waals surface area contributed by atoms with Gasteiger partial charge in [-0.2, -0.15) is 0 Å². The Morgan fingerprint density at radius 3 is 1.13 bits per heavy atom. The van der Waals surface area contributed by atoms with Gasteiger partial charge in [0.15, 0.2) is 0 Å². The van der Waals surface area contributed by atoms with Gasteiger partial charge in [0.05, 0.1) is 6.04 Å². The molecule has 0 fully saturated rings. The number of hydrogen-bond acceptors (Lipinski definition) is 3. The second kappa shape index (κ2) is 113. The van der Waals surface area contributed by atoms with Crippen LogP contribution in [0, 0.1) is 5.92 Å². The minimum Gasteiger partial charge on any atom is -0.363 e. The largest absolute Gasteiger partial charge is 0.363 e. The first kappa shape index (κ1) is 141. The second-order valence-corrected chi connectivity index (χ2v) is 22.2. The number of fused-ring (bicyclic) bond motifs is 4. The maximum absolute atomic E-state index is 3.90. The molecule has 0 spiro atoms. The number of allylic oxidation sites excluding steroid dienone is 9. The summed E-state index contributed by atoms with van der Waals surface area (Å²) in [5.74, 6) is 0.499. The molecule has 4 nitrogen and oxygen atoms in total. The van der Waals surface area contributed by atoms with E-state index in [2.05, 4.69) is 349 Å².